The van der Waals surface area contributed by atoms with Crippen molar-refractivity contribution in [1.29, 1.82) is 0 Å². The minimum atomic E-state index is 0.200. The summed E-state index contributed by atoms with van der Waals surface area (Å²) in [5.41, 5.74) is 3.96. The third-order valence-electron chi connectivity index (χ3n) is 5.35. The molecule has 1 aromatic carbocycles. The molecule has 4 rings (SSSR count). The number of pyridine rings is 1. The average Bonchev–Trinajstić information content (AvgIpc) is 2.75. The van der Waals surface area contributed by atoms with Crippen LogP contribution in [0.5, 0.6) is 5.88 Å². The Kier molecular flexibility index (Phi) is 6.07. The second kappa shape index (κ2) is 9.06. The van der Waals surface area contributed by atoms with E-state index in [9.17, 15) is 0 Å². The average molecular weight is 380 g/mol. The summed E-state index contributed by atoms with van der Waals surface area (Å²) >= 11 is 0. The molecule has 0 saturated carbocycles. The third-order valence-corrected chi connectivity index (χ3v) is 5.35. The third kappa shape index (κ3) is 4.62. The van der Waals surface area contributed by atoms with Crippen LogP contribution in [0.25, 0.3) is 0 Å². The lowest BCUT2D eigenvalue weighted by molar-refractivity contribution is 0.0237. The first kappa shape index (κ1) is 18.7. The number of rotatable bonds is 4. The van der Waals surface area contributed by atoms with Crippen LogP contribution in [0, 0.1) is 0 Å². The van der Waals surface area contributed by atoms with Crippen molar-refractivity contribution in [3.63, 3.8) is 0 Å². The number of guanidine groups is 1. The first-order valence-corrected chi connectivity index (χ1v) is 10.0. The molecule has 6 nitrogen and oxygen atoms in total. The van der Waals surface area contributed by atoms with Crippen LogP contribution in [0.1, 0.15) is 29.5 Å². The molecule has 1 aromatic heterocycles. The normalized spacial score (nSPS) is 17.9. The summed E-state index contributed by atoms with van der Waals surface area (Å²) < 4.78 is 11.4. The number of nitrogens with one attached hydrogen (secondary N) is 1. The van der Waals surface area contributed by atoms with Crippen molar-refractivity contribution >= 4 is 5.96 Å². The maximum Gasteiger partial charge on any atom is 0.213 e. The molecule has 2 aliphatic heterocycles. The lowest BCUT2D eigenvalue weighted by Crippen LogP contribution is -2.43. The molecule has 1 N–H and O–H groups in total. The van der Waals surface area contributed by atoms with Gasteiger partial charge in [-0.15, -0.1) is 0 Å². The molecule has 148 valence electrons. The fourth-order valence-electron chi connectivity index (χ4n) is 3.78. The lowest BCUT2D eigenvalue weighted by Gasteiger charge is -2.31. The molecule has 2 aromatic rings. The lowest BCUT2D eigenvalue weighted by atomic mass is 10.0. The fraction of sp³-hybridized carbons (Fsp3) is 0.455. The summed E-state index contributed by atoms with van der Waals surface area (Å²) in [5, 5.41) is 3.49. The molecule has 1 saturated heterocycles. The Morgan fingerprint density at radius 1 is 1.25 bits per heavy atom. The van der Waals surface area contributed by atoms with E-state index in [0.29, 0.717) is 12.4 Å². The Morgan fingerprint density at radius 2 is 2.07 bits per heavy atom. The van der Waals surface area contributed by atoms with Crippen LogP contribution in [0.15, 0.2) is 47.6 Å². The zero-order chi connectivity index (χ0) is 19.2. The second-order valence-corrected chi connectivity index (χ2v) is 7.27. The number of aliphatic imine (C=N–C) groups is 1. The Balaban J connectivity index is 1.35. The van der Waals surface area contributed by atoms with Crippen LogP contribution in [0.3, 0.4) is 0 Å². The van der Waals surface area contributed by atoms with Gasteiger partial charge in [0.25, 0.3) is 0 Å². The summed E-state index contributed by atoms with van der Waals surface area (Å²) in [6.45, 7) is 4.09. The van der Waals surface area contributed by atoms with Gasteiger partial charge in [-0.1, -0.05) is 24.3 Å². The van der Waals surface area contributed by atoms with Gasteiger partial charge in [-0.3, -0.25) is 4.99 Å². The highest BCUT2D eigenvalue weighted by atomic mass is 16.5. The van der Waals surface area contributed by atoms with Gasteiger partial charge in [-0.2, -0.15) is 0 Å². The number of nitrogens with zero attached hydrogens (tertiary/aromatic N) is 3. The highest BCUT2D eigenvalue weighted by Gasteiger charge is 2.19. The van der Waals surface area contributed by atoms with Crippen molar-refractivity contribution in [2.75, 3.05) is 26.8 Å². The SMILES string of the molecule is CN=C(NCc1ccnc(OC2CCOCC2)c1)N1CCc2ccccc2C1. The Bertz CT molecular complexity index is 818. The molecule has 1 fully saturated rings. The fourth-order valence-corrected chi connectivity index (χ4v) is 3.78. The number of aromatic nitrogens is 1. The monoisotopic (exact) mass is 380 g/mol. The van der Waals surface area contributed by atoms with E-state index in [1.807, 2.05) is 25.4 Å². The molecular formula is C22H28N4O2. The molecule has 6 heteroatoms. The number of ether oxygens (including phenoxy) is 2. The van der Waals surface area contributed by atoms with E-state index in [1.54, 1.807) is 0 Å². The van der Waals surface area contributed by atoms with Crippen molar-refractivity contribution in [2.24, 2.45) is 4.99 Å². The van der Waals surface area contributed by atoms with Crippen molar-refractivity contribution in [3.05, 3.63) is 59.3 Å². The predicted octanol–water partition coefficient (Wildman–Crippen LogP) is 2.77. The van der Waals surface area contributed by atoms with Crippen molar-refractivity contribution in [1.82, 2.24) is 15.2 Å². The van der Waals surface area contributed by atoms with Crippen molar-refractivity contribution in [3.8, 4) is 5.88 Å². The van der Waals surface area contributed by atoms with Gasteiger partial charge < -0.3 is 19.7 Å². The van der Waals surface area contributed by atoms with Crippen molar-refractivity contribution in [2.45, 2.75) is 38.5 Å². The van der Waals surface area contributed by atoms with E-state index in [0.717, 1.165) is 57.1 Å². The zero-order valence-corrected chi connectivity index (χ0v) is 16.4. The Hall–Kier alpha value is -2.60. The zero-order valence-electron chi connectivity index (χ0n) is 16.4. The topological polar surface area (TPSA) is 59.0 Å². The number of fused-ring (bicyclic) bond motifs is 1. The minimum absolute atomic E-state index is 0.200. The van der Waals surface area contributed by atoms with E-state index in [4.69, 9.17) is 9.47 Å². The predicted molar refractivity (Wildman–Crippen MR) is 109 cm³/mol. The highest BCUT2D eigenvalue weighted by Crippen LogP contribution is 2.19. The van der Waals surface area contributed by atoms with Gasteiger partial charge in [0.2, 0.25) is 5.88 Å². The molecule has 0 spiro atoms. The number of hydrogen-bond acceptors (Lipinski definition) is 4. The molecule has 0 unspecified atom stereocenters. The van der Waals surface area contributed by atoms with E-state index in [-0.39, 0.29) is 6.10 Å². The molecule has 0 atom stereocenters. The molecule has 2 aliphatic rings. The van der Waals surface area contributed by atoms with E-state index in [1.165, 1.54) is 11.1 Å². The molecule has 0 aliphatic carbocycles. The van der Waals surface area contributed by atoms with Gasteiger partial charge in [-0.25, -0.2) is 4.98 Å². The van der Waals surface area contributed by atoms with Gasteiger partial charge >= 0.3 is 0 Å². The van der Waals surface area contributed by atoms with Crippen LogP contribution in [-0.2, 0) is 24.2 Å². The summed E-state index contributed by atoms with van der Waals surface area (Å²) in [6.07, 6.45) is 4.91. The largest absolute Gasteiger partial charge is 0.474 e. The molecule has 28 heavy (non-hydrogen) atoms. The Labute approximate surface area is 166 Å². The van der Waals surface area contributed by atoms with E-state index in [2.05, 4.69) is 44.5 Å². The van der Waals surface area contributed by atoms with Crippen LogP contribution in [0.4, 0.5) is 0 Å². The van der Waals surface area contributed by atoms with Crippen molar-refractivity contribution < 1.29 is 9.47 Å². The van der Waals surface area contributed by atoms with Crippen LogP contribution >= 0.6 is 0 Å². The van der Waals surface area contributed by atoms with Gasteiger partial charge in [0, 0.05) is 51.8 Å². The molecule has 0 bridgehead atoms. The van der Waals surface area contributed by atoms with E-state index < -0.39 is 0 Å². The number of benzene rings is 1. The second-order valence-electron chi connectivity index (χ2n) is 7.27. The molecule has 0 amide bonds. The van der Waals surface area contributed by atoms with Gasteiger partial charge in [0.05, 0.1) is 13.2 Å². The summed E-state index contributed by atoms with van der Waals surface area (Å²) in [7, 11) is 1.84. The maximum atomic E-state index is 6.02. The van der Waals surface area contributed by atoms with E-state index >= 15 is 0 Å². The molecular weight excluding hydrogens is 352 g/mol. The van der Waals surface area contributed by atoms with Gasteiger partial charge in [0.15, 0.2) is 5.96 Å². The van der Waals surface area contributed by atoms with Crippen LogP contribution in [-0.4, -0.2) is 48.8 Å². The molecule has 0 radical (unpaired) electrons. The number of hydrogen-bond donors (Lipinski definition) is 1. The first-order valence-electron chi connectivity index (χ1n) is 10.0. The van der Waals surface area contributed by atoms with Crippen LogP contribution < -0.4 is 10.1 Å². The van der Waals surface area contributed by atoms with Crippen LogP contribution in [0.2, 0.25) is 0 Å². The maximum absolute atomic E-state index is 6.02. The first-order chi connectivity index (χ1) is 13.8. The summed E-state index contributed by atoms with van der Waals surface area (Å²) in [4.78, 5) is 11.2. The minimum Gasteiger partial charge on any atom is -0.474 e. The smallest absolute Gasteiger partial charge is 0.213 e. The quantitative estimate of drug-likeness (QED) is 0.653. The summed E-state index contributed by atoms with van der Waals surface area (Å²) in [6, 6.07) is 12.7. The summed E-state index contributed by atoms with van der Waals surface area (Å²) in [5.74, 6) is 1.62. The Morgan fingerprint density at radius 3 is 2.89 bits per heavy atom. The van der Waals surface area contributed by atoms with Gasteiger partial charge in [-0.05, 0) is 29.2 Å². The standard InChI is InChI=1S/C22H28N4O2/c1-23-22(26-11-7-18-4-2-3-5-19(18)16-26)25-15-17-6-10-24-21(14-17)28-20-8-12-27-13-9-20/h2-6,10,14,20H,7-9,11-13,15-16H2,1H3,(H,23,25). The molecule has 3 heterocycles. The highest BCUT2D eigenvalue weighted by molar-refractivity contribution is 5.80. The van der Waals surface area contributed by atoms with Gasteiger partial charge in [0.1, 0.15) is 6.10 Å².